The predicted octanol–water partition coefficient (Wildman–Crippen LogP) is 2.16. The standard InChI is InChI=1S/C12H16N2O2/c1-7-3-4-13-11(10(7)12(15)16)14-6-9-5-8(9)2/h3-4,8-9H,5-6H2,1-2H3,(H,13,14)(H,15,16). The van der Waals surface area contributed by atoms with Gasteiger partial charge in [-0.3, -0.25) is 0 Å². The topological polar surface area (TPSA) is 62.2 Å². The largest absolute Gasteiger partial charge is 0.478 e. The number of pyridine rings is 1. The maximum atomic E-state index is 11.1. The molecule has 0 aliphatic heterocycles. The maximum absolute atomic E-state index is 11.1. The summed E-state index contributed by atoms with van der Waals surface area (Å²) in [7, 11) is 0. The highest BCUT2D eigenvalue weighted by Crippen LogP contribution is 2.37. The summed E-state index contributed by atoms with van der Waals surface area (Å²) in [5, 5.41) is 12.2. The zero-order valence-corrected chi connectivity index (χ0v) is 9.53. The Morgan fingerprint density at radius 3 is 2.94 bits per heavy atom. The van der Waals surface area contributed by atoms with Crippen LogP contribution >= 0.6 is 0 Å². The van der Waals surface area contributed by atoms with Crippen LogP contribution in [0.3, 0.4) is 0 Å². The van der Waals surface area contributed by atoms with Crippen LogP contribution in [0.15, 0.2) is 12.3 Å². The summed E-state index contributed by atoms with van der Waals surface area (Å²) in [6.07, 6.45) is 2.86. The quantitative estimate of drug-likeness (QED) is 0.816. The summed E-state index contributed by atoms with van der Waals surface area (Å²) in [5.74, 6) is 0.998. The maximum Gasteiger partial charge on any atom is 0.339 e. The Bertz CT molecular complexity index is 417. The third-order valence-electron chi connectivity index (χ3n) is 3.18. The second-order valence-electron chi connectivity index (χ2n) is 4.51. The van der Waals surface area contributed by atoms with Crippen LogP contribution in [0.1, 0.15) is 29.3 Å². The number of carboxylic acids is 1. The Morgan fingerprint density at radius 1 is 1.69 bits per heavy atom. The second kappa shape index (κ2) is 4.12. The van der Waals surface area contributed by atoms with Gasteiger partial charge in [0.25, 0.3) is 0 Å². The zero-order valence-electron chi connectivity index (χ0n) is 9.53. The lowest BCUT2D eigenvalue weighted by molar-refractivity contribution is 0.0697. The molecule has 1 aromatic rings. The van der Waals surface area contributed by atoms with E-state index in [2.05, 4.69) is 17.2 Å². The van der Waals surface area contributed by atoms with Crippen molar-refractivity contribution in [3.8, 4) is 0 Å². The van der Waals surface area contributed by atoms with E-state index in [-0.39, 0.29) is 5.56 Å². The van der Waals surface area contributed by atoms with E-state index < -0.39 is 5.97 Å². The molecule has 16 heavy (non-hydrogen) atoms. The van der Waals surface area contributed by atoms with Crippen LogP contribution < -0.4 is 5.32 Å². The third-order valence-corrected chi connectivity index (χ3v) is 3.18. The molecular formula is C12H16N2O2. The van der Waals surface area contributed by atoms with Crippen LogP contribution in [-0.2, 0) is 0 Å². The van der Waals surface area contributed by atoms with E-state index >= 15 is 0 Å². The molecule has 2 atom stereocenters. The molecular weight excluding hydrogens is 204 g/mol. The Labute approximate surface area is 94.7 Å². The highest BCUT2D eigenvalue weighted by Gasteiger charge is 2.32. The van der Waals surface area contributed by atoms with Crippen LogP contribution in [-0.4, -0.2) is 22.6 Å². The van der Waals surface area contributed by atoms with E-state index in [9.17, 15) is 4.79 Å². The minimum Gasteiger partial charge on any atom is -0.478 e. The van der Waals surface area contributed by atoms with Crippen molar-refractivity contribution in [1.82, 2.24) is 4.98 Å². The Balaban J connectivity index is 2.12. The Hall–Kier alpha value is -1.58. The monoisotopic (exact) mass is 220 g/mol. The number of carboxylic acid groups (broad SMARTS) is 1. The van der Waals surface area contributed by atoms with Gasteiger partial charge >= 0.3 is 5.97 Å². The van der Waals surface area contributed by atoms with Crippen LogP contribution in [0.25, 0.3) is 0 Å². The molecule has 1 aliphatic carbocycles. The minimum atomic E-state index is -0.919. The fourth-order valence-electron chi connectivity index (χ4n) is 1.87. The number of nitrogens with zero attached hydrogens (tertiary/aromatic N) is 1. The Morgan fingerprint density at radius 2 is 2.38 bits per heavy atom. The molecule has 0 radical (unpaired) electrons. The molecule has 0 bridgehead atoms. The van der Waals surface area contributed by atoms with Gasteiger partial charge in [0.15, 0.2) is 0 Å². The number of aromatic carboxylic acids is 1. The van der Waals surface area contributed by atoms with Gasteiger partial charge in [-0.2, -0.15) is 0 Å². The number of nitrogens with one attached hydrogen (secondary N) is 1. The Kier molecular flexibility index (Phi) is 2.81. The van der Waals surface area contributed by atoms with Crippen molar-refractivity contribution < 1.29 is 9.90 Å². The van der Waals surface area contributed by atoms with Crippen LogP contribution in [0.5, 0.6) is 0 Å². The van der Waals surface area contributed by atoms with E-state index in [0.29, 0.717) is 11.7 Å². The number of carbonyl (C=O) groups is 1. The van der Waals surface area contributed by atoms with Crippen molar-refractivity contribution in [3.63, 3.8) is 0 Å². The molecule has 1 heterocycles. The van der Waals surface area contributed by atoms with Gasteiger partial charge in [0, 0.05) is 12.7 Å². The SMILES string of the molecule is Cc1ccnc(NCC2CC2C)c1C(=O)O. The van der Waals surface area contributed by atoms with Crippen molar-refractivity contribution in [1.29, 1.82) is 0 Å². The first-order valence-electron chi connectivity index (χ1n) is 5.52. The number of aromatic nitrogens is 1. The molecule has 2 rings (SSSR count). The summed E-state index contributed by atoms with van der Waals surface area (Å²) in [6, 6.07) is 1.72. The first-order valence-corrected chi connectivity index (χ1v) is 5.52. The molecule has 1 aromatic heterocycles. The molecule has 1 fully saturated rings. The van der Waals surface area contributed by atoms with E-state index in [1.807, 2.05) is 0 Å². The zero-order chi connectivity index (χ0) is 11.7. The number of aryl methyl sites for hydroxylation is 1. The van der Waals surface area contributed by atoms with Crippen molar-refractivity contribution >= 4 is 11.8 Å². The van der Waals surface area contributed by atoms with Gasteiger partial charge in [0.05, 0.1) is 0 Å². The molecule has 0 saturated heterocycles. The molecule has 4 heteroatoms. The molecule has 2 unspecified atom stereocenters. The molecule has 0 spiro atoms. The molecule has 0 aromatic carbocycles. The van der Waals surface area contributed by atoms with Gasteiger partial charge in [0.1, 0.15) is 11.4 Å². The predicted molar refractivity (Wildman–Crippen MR) is 61.7 cm³/mol. The fraction of sp³-hybridized carbons (Fsp3) is 0.500. The third kappa shape index (κ3) is 2.15. The smallest absolute Gasteiger partial charge is 0.339 e. The fourth-order valence-corrected chi connectivity index (χ4v) is 1.87. The van der Waals surface area contributed by atoms with Crippen molar-refractivity contribution in [2.75, 3.05) is 11.9 Å². The van der Waals surface area contributed by atoms with Crippen LogP contribution in [0, 0.1) is 18.8 Å². The van der Waals surface area contributed by atoms with E-state index in [1.54, 1.807) is 19.2 Å². The first-order chi connectivity index (χ1) is 7.59. The van der Waals surface area contributed by atoms with Gasteiger partial charge in [-0.1, -0.05) is 6.92 Å². The number of hydrogen-bond donors (Lipinski definition) is 2. The van der Waals surface area contributed by atoms with Gasteiger partial charge < -0.3 is 10.4 Å². The second-order valence-corrected chi connectivity index (χ2v) is 4.51. The number of anilines is 1. The highest BCUT2D eigenvalue weighted by molar-refractivity contribution is 5.94. The van der Waals surface area contributed by atoms with Crippen LogP contribution in [0.4, 0.5) is 5.82 Å². The molecule has 4 nitrogen and oxygen atoms in total. The minimum absolute atomic E-state index is 0.288. The van der Waals surface area contributed by atoms with E-state index in [0.717, 1.165) is 18.0 Å². The number of rotatable bonds is 4. The van der Waals surface area contributed by atoms with E-state index in [4.69, 9.17) is 5.11 Å². The van der Waals surface area contributed by atoms with Crippen molar-refractivity contribution in [3.05, 3.63) is 23.4 Å². The first kappa shape index (κ1) is 10.9. The van der Waals surface area contributed by atoms with Crippen molar-refractivity contribution in [2.45, 2.75) is 20.3 Å². The van der Waals surface area contributed by atoms with Gasteiger partial charge in [-0.05, 0) is 36.8 Å². The lowest BCUT2D eigenvalue weighted by atomic mass is 10.1. The number of hydrogen-bond acceptors (Lipinski definition) is 3. The molecule has 86 valence electrons. The molecule has 1 aliphatic rings. The van der Waals surface area contributed by atoms with E-state index in [1.165, 1.54) is 6.42 Å². The van der Waals surface area contributed by atoms with Gasteiger partial charge in [-0.25, -0.2) is 9.78 Å². The molecule has 0 amide bonds. The van der Waals surface area contributed by atoms with Gasteiger partial charge in [0.2, 0.25) is 0 Å². The summed E-state index contributed by atoms with van der Waals surface area (Å²) < 4.78 is 0. The summed E-state index contributed by atoms with van der Waals surface area (Å²) >= 11 is 0. The lowest BCUT2D eigenvalue weighted by Gasteiger charge is -2.09. The van der Waals surface area contributed by atoms with Gasteiger partial charge in [-0.15, -0.1) is 0 Å². The summed E-state index contributed by atoms with van der Waals surface area (Å²) in [4.78, 5) is 15.2. The summed E-state index contributed by atoms with van der Waals surface area (Å²) in [6.45, 7) is 4.81. The molecule has 2 N–H and O–H groups in total. The van der Waals surface area contributed by atoms with Crippen molar-refractivity contribution in [2.24, 2.45) is 11.8 Å². The molecule has 1 saturated carbocycles. The average Bonchev–Trinajstić information content (AvgIpc) is 2.91. The average molecular weight is 220 g/mol. The highest BCUT2D eigenvalue weighted by atomic mass is 16.4. The summed E-state index contributed by atoms with van der Waals surface area (Å²) in [5.41, 5.74) is 1.03. The normalized spacial score (nSPS) is 22.9. The van der Waals surface area contributed by atoms with Crippen LogP contribution in [0.2, 0.25) is 0 Å². The lowest BCUT2D eigenvalue weighted by Crippen LogP contribution is -2.12.